The van der Waals surface area contributed by atoms with E-state index in [2.05, 4.69) is 13.8 Å². The molecule has 0 N–H and O–H groups in total. The third-order valence-electron chi connectivity index (χ3n) is 4.62. The Morgan fingerprint density at radius 3 is 1.84 bits per heavy atom. The van der Waals surface area contributed by atoms with Gasteiger partial charge in [-0.1, -0.05) is 13.8 Å². The minimum Gasteiger partial charge on any atom is -0.379 e. The maximum absolute atomic E-state index is 12.1. The summed E-state index contributed by atoms with van der Waals surface area (Å²) in [5.41, 5.74) is 0. The van der Waals surface area contributed by atoms with Crippen molar-refractivity contribution in [1.29, 1.82) is 0 Å². The Bertz CT molecular complexity index is 330. The molecular weight excluding hydrogens is 322 g/mol. The van der Waals surface area contributed by atoms with Gasteiger partial charge in [-0.2, -0.15) is 0 Å². The Morgan fingerprint density at radius 2 is 1.36 bits per heavy atom. The van der Waals surface area contributed by atoms with Crippen LogP contribution in [0.25, 0.3) is 0 Å². The lowest BCUT2D eigenvalue weighted by Crippen LogP contribution is -2.39. The standard InChI is InChI=1S/C19H37NO5/c1-4-22-11-12-24-15-16-25-14-13-23-10-7-19(21)20-8-5-18(6-9-20)17(2)3/h17-18H,4-16H2,1-3H3. The molecule has 6 heteroatoms. The smallest absolute Gasteiger partial charge is 0.224 e. The quantitative estimate of drug-likeness (QED) is 0.446. The van der Waals surface area contributed by atoms with Crippen molar-refractivity contribution >= 4 is 5.91 Å². The highest BCUT2D eigenvalue weighted by Crippen LogP contribution is 2.24. The van der Waals surface area contributed by atoms with E-state index in [1.165, 1.54) is 0 Å². The maximum atomic E-state index is 12.1. The molecule has 1 aliphatic heterocycles. The SMILES string of the molecule is CCOCCOCCOCCOCCC(=O)N1CCC(C(C)C)CC1. The number of rotatable bonds is 14. The first-order chi connectivity index (χ1) is 12.1. The van der Waals surface area contributed by atoms with Gasteiger partial charge in [0, 0.05) is 19.7 Å². The maximum Gasteiger partial charge on any atom is 0.224 e. The molecule has 0 unspecified atom stereocenters. The van der Waals surface area contributed by atoms with Gasteiger partial charge in [0.1, 0.15) is 0 Å². The van der Waals surface area contributed by atoms with E-state index in [0.717, 1.165) is 44.4 Å². The van der Waals surface area contributed by atoms with E-state index in [-0.39, 0.29) is 5.91 Å². The number of carbonyl (C=O) groups is 1. The Balaban J connectivity index is 1.87. The molecule has 0 aromatic rings. The molecule has 1 rings (SSSR count). The Morgan fingerprint density at radius 1 is 0.880 bits per heavy atom. The summed E-state index contributed by atoms with van der Waals surface area (Å²) in [6.45, 7) is 12.9. The first-order valence-electron chi connectivity index (χ1n) is 9.73. The Hall–Kier alpha value is -0.690. The second kappa shape index (κ2) is 14.5. The second-order valence-electron chi connectivity index (χ2n) is 6.75. The summed E-state index contributed by atoms with van der Waals surface area (Å²) >= 11 is 0. The van der Waals surface area contributed by atoms with Crippen LogP contribution in [0.3, 0.4) is 0 Å². The lowest BCUT2D eigenvalue weighted by atomic mass is 9.86. The number of likely N-dealkylation sites (tertiary alicyclic amines) is 1. The number of hydrogen-bond acceptors (Lipinski definition) is 5. The number of piperidine rings is 1. The van der Waals surface area contributed by atoms with Crippen LogP contribution in [0, 0.1) is 11.8 Å². The number of ether oxygens (including phenoxy) is 4. The molecule has 0 aromatic carbocycles. The minimum absolute atomic E-state index is 0.214. The molecule has 0 spiro atoms. The average molecular weight is 360 g/mol. The topological polar surface area (TPSA) is 57.2 Å². The zero-order valence-corrected chi connectivity index (χ0v) is 16.3. The Labute approximate surface area is 153 Å². The fourth-order valence-corrected chi connectivity index (χ4v) is 2.94. The molecule has 0 aliphatic carbocycles. The molecule has 1 heterocycles. The van der Waals surface area contributed by atoms with Crippen molar-refractivity contribution in [1.82, 2.24) is 4.90 Å². The van der Waals surface area contributed by atoms with E-state index in [1.54, 1.807) is 0 Å². The summed E-state index contributed by atoms with van der Waals surface area (Å²) in [6.07, 6.45) is 2.72. The van der Waals surface area contributed by atoms with E-state index in [1.807, 2.05) is 11.8 Å². The van der Waals surface area contributed by atoms with Crippen LogP contribution < -0.4 is 0 Å². The molecule has 25 heavy (non-hydrogen) atoms. The molecule has 6 nitrogen and oxygen atoms in total. The zero-order valence-electron chi connectivity index (χ0n) is 16.3. The molecular formula is C19H37NO5. The summed E-state index contributed by atoms with van der Waals surface area (Å²) < 4.78 is 21.4. The van der Waals surface area contributed by atoms with Crippen molar-refractivity contribution in [2.45, 2.75) is 40.0 Å². The van der Waals surface area contributed by atoms with Crippen molar-refractivity contribution in [2.24, 2.45) is 11.8 Å². The monoisotopic (exact) mass is 359 g/mol. The first kappa shape index (κ1) is 22.4. The third kappa shape index (κ3) is 10.8. The van der Waals surface area contributed by atoms with Gasteiger partial charge >= 0.3 is 0 Å². The highest BCUT2D eigenvalue weighted by molar-refractivity contribution is 5.76. The summed E-state index contributed by atoms with van der Waals surface area (Å²) in [6, 6.07) is 0. The molecule has 1 aliphatic rings. The fourth-order valence-electron chi connectivity index (χ4n) is 2.94. The van der Waals surface area contributed by atoms with Crippen LogP contribution in [0.1, 0.15) is 40.0 Å². The second-order valence-corrected chi connectivity index (χ2v) is 6.75. The number of carbonyl (C=O) groups excluding carboxylic acids is 1. The summed E-state index contributed by atoms with van der Waals surface area (Å²) in [5, 5.41) is 0. The van der Waals surface area contributed by atoms with Crippen molar-refractivity contribution in [3.05, 3.63) is 0 Å². The number of amides is 1. The van der Waals surface area contributed by atoms with Gasteiger partial charge in [-0.3, -0.25) is 4.79 Å². The zero-order chi connectivity index (χ0) is 18.3. The van der Waals surface area contributed by atoms with E-state index in [4.69, 9.17) is 18.9 Å². The molecule has 0 radical (unpaired) electrons. The van der Waals surface area contributed by atoms with Crippen LogP contribution in [-0.2, 0) is 23.7 Å². The largest absolute Gasteiger partial charge is 0.379 e. The van der Waals surface area contributed by atoms with Gasteiger partial charge in [0.05, 0.1) is 52.7 Å². The van der Waals surface area contributed by atoms with Gasteiger partial charge in [0.2, 0.25) is 5.91 Å². The van der Waals surface area contributed by atoms with Gasteiger partial charge in [0.15, 0.2) is 0 Å². The molecule has 1 saturated heterocycles. The van der Waals surface area contributed by atoms with Crippen molar-refractivity contribution in [3.8, 4) is 0 Å². The molecule has 0 atom stereocenters. The summed E-state index contributed by atoms with van der Waals surface area (Å²) in [5.74, 6) is 1.70. The van der Waals surface area contributed by atoms with Gasteiger partial charge in [-0.05, 0) is 31.6 Å². The lowest BCUT2D eigenvalue weighted by molar-refractivity contribution is -0.134. The third-order valence-corrected chi connectivity index (χ3v) is 4.62. The van der Waals surface area contributed by atoms with Crippen LogP contribution in [0.5, 0.6) is 0 Å². The van der Waals surface area contributed by atoms with Crippen molar-refractivity contribution in [2.75, 3.05) is 65.9 Å². The van der Waals surface area contributed by atoms with E-state index in [9.17, 15) is 4.79 Å². The summed E-state index contributed by atoms with van der Waals surface area (Å²) in [4.78, 5) is 14.1. The van der Waals surface area contributed by atoms with Crippen LogP contribution in [0.2, 0.25) is 0 Å². The number of hydrogen-bond donors (Lipinski definition) is 0. The van der Waals surface area contributed by atoms with Crippen molar-refractivity contribution < 1.29 is 23.7 Å². The van der Waals surface area contributed by atoms with E-state index >= 15 is 0 Å². The van der Waals surface area contributed by atoms with Gasteiger partial charge in [-0.25, -0.2) is 0 Å². The van der Waals surface area contributed by atoms with Crippen LogP contribution in [0.15, 0.2) is 0 Å². The molecule has 1 fully saturated rings. The van der Waals surface area contributed by atoms with Crippen LogP contribution in [0.4, 0.5) is 0 Å². The molecule has 148 valence electrons. The average Bonchev–Trinajstić information content (AvgIpc) is 2.62. The molecule has 1 amide bonds. The fraction of sp³-hybridized carbons (Fsp3) is 0.947. The van der Waals surface area contributed by atoms with E-state index < -0.39 is 0 Å². The van der Waals surface area contributed by atoms with Crippen LogP contribution >= 0.6 is 0 Å². The number of nitrogens with zero attached hydrogens (tertiary/aromatic N) is 1. The van der Waals surface area contributed by atoms with Gasteiger partial charge in [-0.15, -0.1) is 0 Å². The highest BCUT2D eigenvalue weighted by Gasteiger charge is 2.24. The normalized spacial score (nSPS) is 15.9. The Kier molecular flexibility index (Phi) is 12.9. The molecule has 0 bridgehead atoms. The first-order valence-corrected chi connectivity index (χ1v) is 9.73. The highest BCUT2D eigenvalue weighted by atomic mass is 16.6. The lowest BCUT2D eigenvalue weighted by Gasteiger charge is -2.34. The van der Waals surface area contributed by atoms with Crippen LogP contribution in [-0.4, -0.2) is 76.8 Å². The van der Waals surface area contributed by atoms with Crippen molar-refractivity contribution in [3.63, 3.8) is 0 Å². The van der Waals surface area contributed by atoms with E-state index in [0.29, 0.717) is 52.7 Å². The summed E-state index contributed by atoms with van der Waals surface area (Å²) in [7, 11) is 0. The predicted octanol–water partition coefficient (Wildman–Crippen LogP) is 2.36. The van der Waals surface area contributed by atoms with Gasteiger partial charge in [0.25, 0.3) is 0 Å². The molecule has 0 saturated carbocycles. The predicted molar refractivity (Wildman–Crippen MR) is 97.7 cm³/mol. The minimum atomic E-state index is 0.214. The van der Waals surface area contributed by atoms with Gasteiger partial charge < -0.3 is 23.8 Å². The molecule has 0 aromatic heterocycles.